The number of imidazole rings is 1. The van der Waals surface area contributed by atoms with E-state index in [4.69, 9.17) is 16.9 Å². The molecule has 0 amide bonds. The summed E-state index contributed by atoms with van der Waals surface area (Å²) in [5.41, 5.74) is 3.91. The number of nitriles is 1. The molecule has 126 valence electrons. The Labute approximate surface area is 151 Å². The predicted molar refractivity (Wildman–Crippen MR) is 97.1 cm³/mol. The molecule has 0 bridgehead atoms. The van der Waals surface area contributed by atoms with Crippen LogP contribution in [0.4, 0.5) is 0 Å². The maximum atomic E-state index is 8.86. The van der Waals surface area contributed by atoms with E-state index in [1.54, 1.807) is 6.07 Å². The standard InChI is InChI=1S/C19H18ClN5/c20-19-3-1-2-17(24-19)11-22-9-8-18-12-23-14-25(18)13-16-6-4-15(10-21)5-7-16/h1-7,12,14,22H,8-9,11,13H2. The van der Waals surface area contributed by atoms with Crippen molar-refractivity contribution in [1.82, 2.24) is 19.9 Å². The Morgan fingerprint density at radius 2 is 2.00 bits per heavy atom. The number of hydrogen-bond donors (Lipinski definition) is 1. The summed E-state index contributed by atoms with van der Waals surface area (Å²) in [6, 6.07) is 15.4. The molecular weight excluding hydrogens is 334 g/mol. The zero-order chi connectivity index (χ0) is 17.5. The number of pyridine rings is 1. The molecule has 2 aromatic heterocycles. The van der Waals surface area contributed by atoms with Crippen LogP contribution in [0.5, 0.6) is 0 Å². The van der Waals surface area contributed by atoms with Gasteiger partial charge in [-0.2, -0.15) is 5.26 Å². The third-order valence-corrected chi connectivity index (χ3v) is 4.08. The average Bonchev–Trinajstić information content (AvgIpc) is 3.06. The van der Waals surface area contributed by atoms with Gasteiger partial charge in [0, 0.05) is 37.9 Å². The van der Waals surface area contributed by atoms with E-state index in [0.29, 0.717) is 17.3 Å². The van der Waals surface area contributed by atoms with E-state index >= 15 is 0 Å². The van der Waals surface area contributed by atoms with Crippen LogP contribution in [0.2, 0.25) is 5.15 Å². The highest BCUT2D eigenvalue weighted by molar-refractivity contribution is 6.29. The molecule has 0 aliphatic rings. The van der Waals surface area contributed by atoms with Crippen LogP contribution in [-0.4, -0.2) is 21.1 Å². The van der Waals surface area contributed by atoms with Crippen LogP contribution < -0.4 is 5.32 Å². The molecule has 6 heteroatoms. The number of aromatic nitrogens is 3. The second-order valence-electron chi connectivity index (χ2n) is 5.70. The Kier molecular flexibility index (Phi) is 5.78. The highest BCUT2D eigenvalue weighted by Crippen LogP contribution is 2.09. The van der Waals surface area contributed by atoms with E-state index in [1.165, 1.54) is 0 Å². The van der Waals surface area contributed by atoms with Crippen LogP contribution in [0.1, 0.15) is 22.5 Å². The van der Waals surface area contributed by atoms with Gasteiger partial charge in [-0.05, 0) is 29.8 Å². The summed E-state index contributed by atoms with van der Waals surface area (Å²) in [5, 5.41) is 12.8. The number of benzene rings is 1. The molecule has 0 saturated carbocycles. The van der Waals surface area contributed by atoms with Gasteiger partial charge in [0.15, 0.2) is 0 Å². The maximum Gasteiger partial charge on any atom is 0.129 e. The van der Waals surface area contributed by atoms with E-state index in [0.717, 1.165) is 36.5 Å². The van der Waals surface area contributed by atoms with Gasteiger partial charge in [0.05, 0.1) is 23.7 Å². The van der Waals surface area contributed by atoms with Crippen LogP contribution in [0.3, 0.4) is 0 Å². The maximum absolute atomic E-state index is 8.86. The number of halogens is 1. The number of rotatable bonds is 7. The summed E-state index contributed by atoms with van der Waals surface area (Å²) < 4.78 is 2.13. The molecule has 0 spiro atoms. The molecule has 0 unspecified atom stereocenters. The highest BCUT2D eigenvalue weighted by Gasteiger charge is 2.04. The Morgan fingerprint density at radius 1 is 1.16 bits per heavy atom. The second kappa shape index (κ2) is 8.43. The predicted octanol–water partition coefficient (Wildman–Crippen LogP) is 3.18. The fourth-order valence-electron chi connectivity index (χ4n) is 2.56. The minimum absolute atomic E-state index is 0.514. The first kappa shape index (κ1) is 17.2. The lowest BCUT2D eigenvalue weighted by Crippen LogP contribution is -2.18. The monoisotopic (exact) mass is 351 g/mol. The molecular formula is C19H18ClN5. The normalized spacial score (nSPS) is 10.6. The summed E-state index contributed by atoms with van der Waals surface area (Å²) in [6.07, 6.45) is 4.60. The SMILES string of the molecule is N#Cc1ccc(Cn2cncc2CCNCc2cccc(Cl)n2)cc1. The van der Waals surface area contributed by atoms with Gasteiger partial charge >= 0.3 is 0 Å². The van der Waals surface area contributed by atoms with E-state index in [1.807, 2.05) is 48.9 Å². The third kappa shape index (κ3) is 4.90. The van der Waals surface area contributed by atoms with Gasteiger partial charge in [0.2, 0.25) is 0 Å². The first-order valence-electron chi connectivity index (χ1n) is 8.05. The molecule has 3 aromatic rings. The van der Waals surface area contributed by atoms with Crippen LogP contribution in [0.15, 0.2) is 55.0 Å². The van der Waals surface area contributed by atoms with Crippen molar-refractivity contribution in [2.75, 3.05) is 6.54 Å². The van der Waals surface area contributed by atoms with Crippen LogP contribution in [-0.2, 0) is 19.5 Å². The van der Waals surface area contributed by atoms with E-state index in [-0.39, 0.29) is 0 Å². The summed E-state index contributed by atoms with van der Waals surface area (Å²) >= 11 is 5.89. The van der Waals surface area contributed by atoms with Crippen LogP contribution >= 0.6 is 11.6 Å². The first-order chi connectivity index (χ1) is 12.2. The van der Waals surface area contributed by atoms with Crippen molar-refractivity contribution in [2.24, 2.45) is 0 Å². The van der Waals surface area contributed by atoms with Crippen molar-refractivity contribution in [1.29, 1.82) is 5.26 Å². The zero-order valence-electron chi connectivity index (χ0n) is 13.7. The number of nitrogens with zero attached hydrogens (tertiary/aromatic N) is 4. The molecule has 2 heterocycles. The number of nitrogens with one attached hydrogen (secondary N) is 1. The lowest BCUT2D eigenvalue weighted by Gasteiger charge is -2.09. The Morgan fingerprint density at radius 3 is 2.76 bits per heavy atom. The van der Waals surface area contributed by atoms with Crippen molar-refractivity contribution in [3.05, 3.63) is 82.7 Å². The largest absolute Gasteiger partial charge is 0.330 e. The van der Waals surface area contributed by atoms with E-state index in [9.17, 15) is 0 Å². The highest BCUT2D eigenvalue weighted by atomic mass is 35.5. The quantitative estimate of drug-likeness (QED) is 0.524. The topological polar surface area (TPSA) is 66.5 Å². The Balaban J connectivity index is 1.52. The van der Waals surface area contributed by atoms with Gasteiger partial charge < -0.3 is 9.88 Å². The van der Waals surface area contributed by atoms with E-state index < -0.39 is 0 Å². The van der Waals surface area contributed by atoms with Crippen molar-refractivity contribution in [3.8, 4) is 6.07 Å². The smallest absolute Gasteiger partial charge is 0.129 e. The average molecular weight is 352 g/mol. The van der Waals surface area contributed by atoms with Crippen LogP contribution in [0.25, 0.3) is 0 Å². The Hall–Kier alpha value is -2.68. The van der Waals surface area contributed by atoms with Gasteiger partial charge in [-0.25, -0.2) is 9.97 Å². The number of hydrogen-bond acceptors (Lipinski definition) is 4. The van der Waals surface area contributed by atoms with Gasteiger partial charge in [-0.3, -0.25) is 0 Å². The van der Waals surface area contributed by atoms with Gasteiger partial charge in [-0.15, -0.1) is 0 Å². The molecule has 0 atom stereocenters. The summed E-state index contributed by atoms with van der Waals surface area (Å²) in [4.78, 5) is 8.51. The summed E-state index contributed by atoms with van der Waals surface area (Å²) in [5.74, 6) is 0. The minimum Gasteiger partial charge on any atom is -0.330 e. The molecule has 3 rings (SSSR count). The fraction of sp³-hybridized carbons (Fsp3) is 0.211. The summed E-state index contributed by atoms with van der Waals surface area (Å²) in [6.45, 7) is 2.26. The summed E-state index contributed by atoms with van der Waals surface area (Å²) in [7, 11) is 0. The molecule has 0 aliphatic heterocycles. The van der Waals surface area contributed by atoms with Crippen molar-refractivity contribution < 1.29 is 0 Å². The lowest BCUT2D eigenvalue weighted by atomic mass is 10.1. The lowest BCUT2D eigenvalue weighted by molar-refractivity contribution is 0.645. The fourth-order valence-corrected chi connectivity index (χ4v) is 2.74. The molecule has 0 aliphatic carbocycles. The van der Waals surface area contributed by atoms with E-state index in [2.05, 4.69) is 25.9 Å². The first-order valence-corrected chi connectivity index (χ1v) is 8.42. The molecule has 1 aromatic carbocycles. The van der Waals surface area contributed by atoms with Gasteiger partial charge in [-0.1, -0.05) is 29.8 Å². The molecule has 25 heavy (non-hydrogen) atoms. The van der Waals surface area contributed by atoms with Crippen molar-refractivity contribution >= 4 is 11.6 Å². The van der Waals surface area contributed by atoms with Crippen LogP contribution in [0, 0.1) is 11.3 Å². The molecule has 5 nitrogen and oxygen atoms in total. The van der Waals surface area contributed by atoms with Crippen molar-refractivity contribution in [2.45, 2.75) is 19.5 Å². The third-order valence-electron chi connectivity index (χ3n) is 3.87. The molecule has 0 fully saturated rings. The van der Waals surface area contributed by atoms with Gasteiger partial charge in [0.1, 0.15) is 5.15 Å². The molecule has 1 N–H and O–H groups in total. The molecule has 0 radical (unpaired) electrons. The van der Waals surface area contributed by atoms with Gasteiger partial charge in [0.25, 0.3) is 0 Å². The van der Waals surface area contributed by atoms with Crippen molar-refractivity contribution in [3.63, 3.8) is 0 Å². The minimum atomic E-state index is 0.514. The second-order valence-corrected chi connectivity index (χ2v) is 6.09. The molecule has 0 saturated heterocycles. The Bertz CT molecular complexity index is 864. The zero-order valence-corrected chi connectivity index (χ0v) is 14.4.